The van der Waals surface area contributed by atoms with Gasteiger partial charge in [-0.05, 0) is 0 Å². The molecule has 1 fully saturated rings. The van der Waals surface area contributed by atoms with Crippen LogP contribution in [0.2, 0.25) is 0 Å². The fourth-order valence-electron chi connectivity index (χ4n) is 2.90. The van der Waals surface area contributed by atoms with E-state index in [-0.39, 0.29) is 53.7 Å². The molecular weight excluding hydrogens is 501 g/mol. The summed E-state index contributed by atoms with van der Waals surface area (Å²) in [7, 11) is 0. The number of imide groups is 1. The molecule has 2 heterocycles. The van der Waals surface area contributed by atoms with E-state index in [4.69, 9.17) is 0 Å². The number of nitrogens with zero attached hydrogens (tertiary/aromatic N) is 2. The summed E-state index contributed by atoms with van der Waals surface area (Å²) < 4.78 is 1.19. The van der Waals surface area contributed by atoms with Gasteiger partial charge in [-0.25, -0.2) is 0 Å². The van der Waals surface area contributed by atoms with E-state index in [0.29, 0.717) is 17.0 Å². The van der Waals surface area contributed by atoms with Crippen LogP contribution in [0.4, 0.5) is 10.5 Å². The SMILES string of the molecule is Cc1nc2cccc(N[C](=O)[Hg])c2c(=O)n1[C@H]1CCC(=O)NC1=O. The second-order valence-corrected chi connectivity index (χ2v) is 8.05. The van der Waals surface area contributed by atoms with Gasteiger partial charge in [0.15, 0.2) is 0 Å². The molecule has 24 heavy (non-hydrogen) atoms. The predicted molar refractivity (Wildman–Crippen MR) is 81.2 cm³/mol. The summed E-state index contributed by atoms with van der Waals surface area (Å²) in [5, 5.41) is 5.22. The Morgan fingerprint density at radius 3 is 2.79 bits per heavy atom. The van der Waals surface area contributed by atoms with Crippen molar-refractivity contribution in [3.63, 3.8) is 0 Å². The second-order valence-electron chi connectivity index (χ2n) is 5.55. The number of carbonyl (C=O) groups excluding carboxylic acids is 3. The van der Waals surface area contributed by atoms with E-state index in [2.05, 4.69) is 15.6 Å². The van der Waals surface area contributed by atoms with Crippen LogP contribution in [0.15, 0.2) is 23.0 Å². The first-order valence-electron chi connectivity index (χ1n) is 7.37. The van der Waals surface area contributed by atoms with Crippen LogP contribution in [0.3, 0.4) is 0 Å². The standard InChI is InChI=1S/C15H13N4O4.Hg/c1-8-17-10-4-2-3-9(16-7-20)13(10)15(23)19(8)11-5-6-12(21)18-14(11)22;/h2-4,11H,5-6H2,1H3,(H,16,20)(H,18,21,22);/t11-;/m0./s1. The van der Waals surface area contributed by atoms with Gasteiger partial charge in [0, 0.05) is 0 Å². The van der Waals surface area contributed by atoms with Crippen molar-refractivity contribution in [3.8, 4) is 0 Å². The average Bonchev–Trinajstić information content (AvgIpc) is 2.48. The number of hydrogen-bond acceptors (Lipinski definition) is 5. The number of rotatable bonds is 2. The maximum absolute atomic E-state index is 13.0. The molecule has 0 aliphatic carbocycles. The normalized spacial score (nSPS) is 17.7. The Bertz CT molecular complexity index is 937. The van der Waals surface area contributed by atoms with E-state index in [1.165, 1.54) is 4.57 Å². The Morgan fingerprint density at radius 2 is 2.12 bits per heavy atom. The van der Waals surface area contributed by atoms with Crippen molar-refractivity contribution in [1.82, 2.24) is 14.9 Å². The summed E-state index contributed by atoms with van der Waals surface area (Å²) in [6, 6.07) is 4.26. The van der Waals surface area contributed by atoms with Gasteiger partial charge in [0.1, 0.15) is 0 Å². The first kappa shape index (κ1) is 16.8. The summed E-state index contributed by atoms with van der Waals surface area (Å²) >= 11 is -0.126. The maximum atomic E-state index is 13.0. The van der Waals surface area contributed by atoms with E-state index in [0.717, 1.165) is 0 Å². The van der Waals surface area contributed by atoms with Crippen molar-refractivity contribution < 1.29 is 40.5 Å². The van der Waals surface area contributed by atoms with E-state index >= 15 is 0 Å². The molecule has 1 atom stereocenters. The summed E-state index contributed by atoms with van der Waals surface area (Å²) in [4.78, 5) is 52.3. The summed E-state index contributed by atoms with van der Waals surface area (Å²) in [5.74, 6) is -0.466. The molecule has 0 unspecified atom stereocenters. The van der Waals surface area contributed by atoms with Crippen LogP contribution in [0, 0.1) is 6.92 Å². The molecule has 1 aliphatic rings. The topological polar surface area (TPSA) is 110 Å². The van der Waals surface area contributed by atoms with Crippen molar-refractivity contribution in [2.75, 3.05) is 5.32 Å². The van der Waals surface area contributed by atoms with Gasteiger partial charge in [0.2, 0.25) is 0 Å². The summed E-state index contributed by atoms with van der Waals surface area (Å²) in [5.41, 5.74) is 0.455. The zero-order valence-electron chi connectivity index (χ0n) is 13.0. The number of fused-ring (bicyclic) bond motifs is 1. The fraction of sp³-hybridized carbons (Fsp3) is 0.267. The molecule has 3 amide bonds. The van der Waals surface area contributed by atoms with Gasteiger partial charge in [-0.3, -0.25) is 0 Å². The third-order valence-electron chi connectivity index (χ3n) is 3.90. The zero-order chi connectivity index (χ0) is 17.4. The monoisotopic (exact) mass is 515 g/mol. The Hall–Kier alpha value is -2.09. The Kier molecular flexibility index (Phi) is 4.48. The minimum atomic E-state index is -0.782. The van der Waals surface area contributed by atoms with E-state index in [1.54, 1.807) is 25.1 Å². The van der Waals surface area contributed by atoms with E-state index < -0.39 is 17.5 Å². The molecule has 1 aromatic heterocycles. The third-order valence-corrected chi connectivity index (χ3v) is 4.59. The van der Waals surface area contributed by atoms with Gasteiger partial charge in [0.05, 0.1) is 0 Å². The van der Waals surface area contributed by atoms with Crippen molar-refractivity contribution in [2.45, 2.75) is 25.8 Å². The number of amides is 3. The van der Waals surface area contributed by atoms with E-state index in [1.807, 2.05) is 0 Å². The Labute approximate surface area is 152 Å². The minimum absolute atomic E-state index is 0.116. The van der Waals surface area contributed by atoms with Gasteiger partial charge < -0.3 is 0 Å². The quantitative estimate of drug-likeness (QED) is 0.455. The molecule has 3 rings (SSSR count). The molecule has 0 radical (unpaired) electrons. The van der Waals surface area contributed by atoms with Crippen LogP contribution in [0.5, 0.6) is 0 Å². The predicted octanol–water partition coefficient (Wildman–Crippen LogP) is 0.761. The van der Waals surface area contributed by atoms with Crippen molar-refractivity contribution >= 4 is 31.8 Å². The molecule has 8 nitrogen and oxygen atoms in total. The Balaban J connectivity index is 2.22. The number of nitrogens with one attached hydrogen (secondary N) is 2. The van der Waals surface area contributed by atoms with Crippen LogP contribution < -0.4 is 16.2 Å². The van der Waals surface area contributed by atoms with Crippen LogP contribution in [-0.2, 0) is 35.7 Å². The van der Waals surface area contributed by atoms with Gasteiger partial charge in [-0.1, -0.05) is 0 Å². The molecule has 2 N–H and O–H groups in total. The van der Waals surface area contributed by atoms with Gasteiger partial charge >= 0.3 is 153 Å². The van der Waals surface area contributed by atoms with E-state index in [9.17, 15) is 19.2 Å². The number of benzene rings is 1. The zero-order valence-corrected chi connectivity index (χ0v) is 18.5. The second kappa shape index (κ2) is 6.42. The molecule has 9 heteroatoms. The van der Waals surface area contributed by atoms with Gasteiger partial charge in [-0.2, -0.15) is 0 Å². The van der Waals surface area contributed by atoms with Crippen LogP contribution >= 0.6 is 0 Å². The average molecular weight is 514 g/mol. The summed E-state index contributed by atoms with van der Waals surface area (Å²) in [6.07, 6.45) is 0.415. The number of aromatic nitrogens is 2. The molecular formula is C15H13HgN4O4. The first-order chi connectivity index (χ1) is 11.4. The van der Waals surface area contributed by atoms with Crippen LogP contribution in [0.1, 0.15) is 24.7 Å². The molecule has 119 valence electrons. The van der Waals surface area contributed by atoms with Gasteiger partial charge in [-0.15, -0.1) is 0 Å². The molecule has 2 aromatic rings. The van der Waals surface area contributed by atoms with Crippen LogP contribution in [-0.4, -0.2) is 24.8 Å². The number of anilines is 1. The van der Waals surface area contributed by atoms with Gasteiger partial charge in [0.25, 0.3) is 0 Å². The number of aryl methyl sites for hydroxylation is 1. The number of carbonyl (C=O) groups is 3. The van der Waals surface area contributed by atoms with Crippen molar-refractivity contribution in [1.29, 1.82) is 0 Å². The molecule has 0 bridgehead atoms. The molecule has 1 aliphatic heterocycles. The number of hydrogen-bond donors (Lipinski definition) is 2. The van der Waals surface area contributed by atoms with Crippen molar-refractivity contribution in [2.24, 2.45) is 0 Å². The molecule has 1 aromatic carbocycles. The van der Waals surface area contributed by atoms with Crippen LogP contribution in [0.25, 0.3) is 10.9 Å². The molecule has 0 spiro atoms. The molecule has 0 saturated carbocycles. The summed E-state index contributed by atoms with van der Waals surface area (Å²) in [6.45, 7) is 1.64. The number of piperidine rings is 1. The Morgan fingerprint density at radius 1 is 1.38 bits per heavy atom. The first-order valence-corrected chi connectivity index (χ1v) is 10.1. The fourth-order valence-corrected chi connectivity index (χ4v) is 3.64. The molecule has 1 saturated heterocycles. The third kappa shape index (κ3) is 2.97. The van der Waals surface area contributed by atoms with Crippen molar-refractivity contribution in [3.05, 3.63) is 34.4 Å².